The predicted molar refractivity (Wildman–Crippen MR) is 126 cm³/mol. The Kier molecular flexibility index (Phi) is 4.96. The number of non-ortho nitro benzene ring substituents is 1. The summed E-state index contributed by atoms with van der Waals surface area (Å²) in [4.78, 5) is 26.9. The number of fused-ring (bicyclic) bond motifs is 3. The molecule has 3 aromatic carbocycles. The molecule has 1 saturated heterocycles. The van der Waals surface area contributed by atoms with Crippen LogP contribution in [0.1, 0.15) is 27.4 Å². The second-order valence-electron chi connectivity index (χ2n) is 8.37. The number of hydrogen-bond acceptors (Lipinski definition) is 6. The molecule has 7 nitrogen and oxygen atoms in total. The molecule has 0 unspecified atom stereocenters. The van der Waals surface area contributed by atoms with Crippen molar-refractivity contribution >= 4 is 23.2 Å². The second kappa shape index (κ2) is 7.99. The van der Waals surface area contributed by atoms with Crippen LogP contribution in [0.5, 0.6) is 0 Å². The first kappa shape index (κ1) is 21.1. The van der Waals surface area contributed by atoms with E-state index in [0.717, 1.165) is 11.3 Å². The van der Waals surface area contributed by atoms with Gasteiger partial charge in [-0.05, 0) is 17.2 Å². The van der Waals surface area contributed by atoms with Gasteiger partial charge in [-0.1, -0.05) is 72.8 Å². The third-order valence-electron chi connectivity index (χ3n) is 6.68. The van der Waals surface area contributed by atoms with Crippen LogP contribution in [-0.2, 0) is 0 Å². The average molecular weight is 446 g/mol. The Morgan fingerprint density at radius 1 is 0.971 bits per heavy atom. The fourth-order valence-electron chi connectivity index (χ4n) is 5.21. The third kappa shape index (κ3) is 2.99. The minimum atomic E-state index is -1.64. The van der Waals surface area contributed by atoms with Gasteiger partial charge in [-0.25, -0.2) is 0 Å². The van der Waals surface area contributed by atoms with Crippen LogP contribution < -0.4 is 4.90 Å². The largest absolute Gasteiger partial charge is 0.351 e. The van der Waals surface area contributed by atoms with Crippen LogP contribution >= 0.6 is 0 Å². The van der Waals surface area contributed by atoms with E-state index in [0.29, 0.717) is 11.1 Å². The van der Waals surface area contributed by atoms with Crippen molar-refractivity contribution in [1.29, 1.82) is 10.5 Å². The van der Waals surface area contributed by atoms with Crippen molar-refractivity contribution in [3.05, 3.63) is 112 Å². The molecular formula is C27H18N4O3. The number of nitrogens with zero attached hydrogens (tertiary/aromatic N) is 4. The van der Waals surface area contributed by atoms with E-state index in [2.05, 4.69) is 12.1 Å². The minimum Gasteiger partial charge on any atom is -0.351 e. The number of hydrogen-bond donors (Lipinski definition) is 0. The highest BCUT2D eigenvalue weighted by Crippen LogP contribution is 2.55. The molecule has 34 heavy (non-hydrogen) atoms. The Bertz CT molecular complexity index is 1400. The summed E-state index contributed by atoms with van der Waals surface area (Å²) in [6, 6.07) is 24.9. The van der Waals surface area contributed by atoms with Crippen molar-refractivity contribution in [2.45, 2.75) is 18.0 Å². The molecule has 2 aliphatic rings. The summed E-state index contributed by atoms with van der Waals surface area (Å²) < 4.78 is 0. The molecule has 3 atom stereocenters. The zero-order valence-electron chi connectivity index (χ0n) is 17.9. The molecule has 0 N–H and O–H groups in total. The first-order valence-corrected chi connectivity index (χ1v) is 10.7. The summed E-state index contributed by atoms with van der Waals surface area (Å²) >= 11 is 0. The molecule has 164 valence electrons. The van der Waals surface area contributed by atoms with Crippen LogP contribution in [0.2, 0.25) is 0 Å². The number of para-hydroxylation sites is 1. The lowest BCUT2D eigenvalue weighted by Crippen LogP contribution is -2.44. The first-order valence-electron chi connectivity index (χ1n) is 10.7. The Balaban J connectivity index is 1.80. The van der Waals surface area contributed by atoms with Gasteiger partial charge in [0.05, 0.1) is 23.1 Å². The van der Waals surface area contributed by atoms with Gasteiger partial charge in [-0.2, -0.15) is 10.5 Å². The van der Waals surface area contributed by atoms with Crippen LogP contribution in [0.4, 0.5) is 11.4 Å². The highest BCUT2D eigenvalue weighted by atomic mass is 16.6. The van der Waals surface area contributed by atoms with E-state index in [1.807, 2.05) is 35.2 Å². The molecule has 0 spiro atoms. The van der Waals surface area contributed by atoms with Gasteiger partial charge < -0.3 is 4.90 Å². The van der Waals surface area contributed by atoms with Gasteiger partial charge in [0.15, 0.2) is 11.2 Å². The number of ketones is 1. The van der Waals surface area contributed by atoms with Gasteiger partial charge in [0.2, 0.25) is 0 Å². The van der Waals surface area contributed by atoms with Crippen molar-refractivity contribution in [2.75, 3.05) is 4.90 Å². The zero-order valence-corrected chi connectivity index (χ0v) is 17.9. The van der Waals surface area contributed by atoms with Crippen molar-refractivity contribution in [3.8, 4) is 12.1 Å². The first-order chi connectivity index (χ1) is 16.5. The summed E-state index contributed by atoms with van der Waals surface area (Å²) in [7, 11) is 0. The molecule has 0 radical (unpaired) electrons. The van der Waals surface area contributed by atoms with Crippen LogP contribution in [0, 0.1) is 38.2 Å². The lowest BCUT2D eigenvalue weighted by Gasteiger charge is -2.35. The lowest BCUT2D eigenvalue weighted by atomic mass is 9.69. The molecule has 1 fully saturated rings. The number of nitriles is 2. The van der Waals surface area contributed by atoms with Crippen molar-refractivity contribution in [3.63, 3.8) is 0 Å². The van der Waals surface area contributed by atoms with E-state index < -0.39 is 28.3 Å². The summed E-state index contributed by atoms with van der Waals surface area (Å²) in [6.07, 6.45) is 3.65. The Morgan fingerprint density at radius 3 is 2.38 bits per heavy atom. The molecule has 0 aliphatic carbocycles. The van der Waals surface area contributed by atoms with Gasteiger partial charge in [0.1, 0.15) is 6.04 Å². The number of nitro groups is 1. The molecule has 5 rings (SSSR count). The topological polar surface area (TPSA) is 111 Å². The third-order valence-corrected chi connectivity index (χ3v) is 6.68. The molecule has 2 heterocycles. The van der Waals surface area contributed by atoms with E-state index in [1.54, 1.807) is 42.5 Å². The van der Waals surface area contributed by atoms with E-state index in [-0.39, 0.29) is 11.5 Å². The summed E-state index contributed by atoms with van der Waals surface area (Å²) in [5.74, 6) is -1.17. The SMILES string of the molecule is N#CC1(C#N)[C@H](c2cccc([N+](=O)[O-])c2)[C@@H](C(=O)c2ccccc2)N2c3ccccc3C=C[C@@H]21. The van der Waals surface area contributed by atoms with Gasteiger partial charge in [-0.15, -0.1) is 0 Å². The molecule has 0 bridgehead atoms. The van der Waals surface area contributed by atoms with Crippen LogP contribution in [0.15, 0.2) is 84.9 Å². The van der Waals surface area contributed by atoms with Crippen LogP contribution in [0.3, 0.4) is 0 Å². The molecular weight excluding hydrogens is 428 g/mol. The van der Waals surface area contributed by atoms with E-state index in [1.165, 1.54) is 18.2 Å². The quantitative estimate of drug-likeness (QED) is 0.321. The van der Waals surface area contributed by atoms with E-state index in [4.69, 9.17) is 0 Å². The smallest absolute Gasteiger partial charge is 0.269 e. The highest BCUT2D eigenvalue weighted by Gasteiger charge is 2.63. The van der Waals surface area contributed by atoms with Gasteiger partial charge in [0.25, 0.3) is 5.69 Å². The monoisotopic (exact) mass is 446 g/mol. The normalized spacial score (nSPS) is 21.6. The fraction of sp³-hybridized carbons (Fsp3) is 0.148. The maximum atomic E-state index is 14.0. The van der Waals surface area contributed by atoms with Crippen molar-refractivity contribution < 1.29 is 9.72 Å². The maximum Gasteiger partial charge on any atom is 0.269 e. The van der Waals surface area contributed by atoms with Gasteiger partial charge in [0, 0.05) is 29.3 Å². The average Bonchev–Trinajstić information content (AvgIpc) is 3.20. The van der Waals surface area contributed by atoms with Crippen molar-refractivity contribution in [1.82, 2.24) is 0 Å². The highest BCUT2D eigenvalue weighted by molar-refractivity contribution is 6.04. The summed E-state index contributed by atoms with van der Waals surface area (Å²) in [5, 5.41) is 32.3. The zero-order chi connectivity index (χ0) is 23.9. The van der Waals surface area contributed by atoms with Gasteiger partial charge >= 0.3 is 0 Å². The predicted octanol–water partition coefficient (Wildman–Crippen LogP) is 4.88. The van der Waals surface area contributed by atoms with Crippen LogP contribution in [0.25, 0.3) is 6.08 Å². The molecule has 7 heteroatoms. The van der Waals surface area contributed by atoms with Crippen LogP contribution in [-0.4, -0.2) is 22.8 Å². The molecule has 0 saturated carbocycles. The van der Waals surface area contributed by atoms with Crippen molar-refractivity contribution in [2.24, 2.45) is 5.41 Å². The molecule has 0 aromatic heterocycles. The Hall–Kier alpha value is -4.75. The number of carbonyl (C=O) groups excluding carboxylic acids is 1. The summed E-state index contributed by atoms with van der Waals surface area (Å²) in [5.41, 5.74) is 0.663. The lowest BCUT2D eigenvalue weighted by molar-refractivity contribution is -0.384. The fourth-order valence-corrected chi connectivity index (χ4v) is 5.21. The Labute approximate surface area is 195 Å². The Morgan fingerprint density at radius 2 is 1.68 bits per heavy atom. The van der Waals surface area contributed by atoms with E-state index in [9.17, 15) is 25.4 Å². The standard InChI is InChI=1S/C27H18N4O3/c28-16-27(17-29)23-14-13-18-7-4-5-12-22(18)30(23)25(26(32)19-8-2-1-3-9-19)24(27)20-10-6-11-21(15-20)31(33)34/h1-15,23-25H/t23-,24-,25+/m1/s1. The molecule has 2 aliphatic heterocycles. The number of nitro benzene ring substituents is 1. The number of benzene rings is 3. The number of anilines is 1. The second-order valence-corrected chi connectivity index (χ2v) is 8.37. The molecule has 0 amide bonds. The van der Waals surface area contributed by atoms with Gasteiger partial charge in [-0.3, -0.25) is 14.9 Å². The number of Topliss-reactive ketones (excluding diaryl/α,β-unsaturated/α-hetero) is 1. The minimum absolute atomic E-state index is 0.158. The van der Waals surface area contributed by atoms with E-state index >= 15 is 0 Å². The number of carbonyl (C=O) groups is 1. The number of rotatable bonds is 4. The molecule has 3 aromatic rings. The maximum absolute atomic E-state index is 14.0. The summed E-state index contributed by atoms with van der Waals surface area (Å²) in [6.45, 7) is 0.